The Balaban J connectivity index is 1.48. The summed E-state index contributed by atoms with van der Waals surface area (Å²) < 4.78 is 25.3. The number of ketones is 1. The largest absolute Gasteiger partial charge is 0.487 e. The predicted octanol–water partition coefficient (Wildman–Crippen LogP) is 3.54. The first kappa shape index (κ1) is 19.6. The molecule has 2 aromatic carbocycles. The summed E-state index contributed by atoms with van der Waals surface area (Å²) in [5, 5.41) is 2.81. The number of methoxy groups -OCH3 is 1. The fourth-order valence-electron chi connectivity index (χ4n) is 3.61. The van der Waals surface area contributed by atoms with Crippen LogP contribution in [0.1, 0.15) is 35.2 Å². The number of hydrogen-bond acceptors (Lipinski definition) is 4. The molecule has 1 saturated carbocycles. The highest BCUT2D eigenvalue weighted by Gasteiger charge is 2.31. The van der Waals surface area contributed by atoms with Gasteiger partial charge >= 0.3 is 0 Å². The number of benzene rings is 2. The maximum Gasteiger partial charge on any atom is 0.222 e. The van der Waals surface area contributed by atoms with Crippen molar-refractivity contribution in [3.8, 4) is 16.9 Å². The Morgan fingerprint density at radius 3 is 2.62 bits per heavy atom. The quantitative estimate of drug-likeness (QED) is 0.692. The molecular formula is C23H24FNO4. The van der Waals surface area contributed by atoms with Gasteiger partial charge in [0.15, 0.2) is 5.78 Å². The summed E-state index contributed by atoms with van der Waals surface area (Å²) in [4.78, 5) is 24.0. The van der Waals surface area contributed by atoms with E-state index in [9.17, 15) is 14.0 Å². The van der Waals surface area contributed by atoms with E-state index in [1.807, 2.05) is 24.3 Å². The van der Waals surface area contributed by atoms with E-state index in [1.165, 1.54) is 6.07 Å². The zero-order valence-corrected chi connectivity index (χ0v) is 16.4. The van der Waals surface area contributed by atoms with E-state index in [1.54, 1.807) is 13.2 Å². The Kier molecular flexibility index (Phi) is 5.62. The van der Waals surface area contributed by atoms with Crippen LogP contribution in [0.4, 0.5) is 4.39 Å². The van der Waals surface area contributed by atoms with Gasteiger partial charge in [-0.1, -0.05) is 24.3 Å². The summed E-state index contributed by atoms with van der Waals surface area (Å²) in [7, 11) is 1.54. The summed E-state index contributed by atoms with van der Waals surface area (Å²) in [6, 6.07) is 10.6. The normalized spacial score (nSPS) is 17.5. The van der Waals surface area contributed by atoms with Gasteiger partial charge in [-0.15, -0.1) is 0 Å². The van der Waals surface area contributed by atoms with Gasteiger partial charge in [-0.2, -0.15) is 0 Å². The maximum absolute atomic E-state index is 14.4. The molecule has 1 fully saturated rings. The zero-order chi connectivity index (χ0) is 20.4. The van der Waals surface area contributed by atoms with Crippen LogP contribution in [-0.2, 0) is 16.0 Å². The van der Waals surface area contributed by atoms with Crippen molar-refractivity contribution in [2.75, 3.05) is 20.3 Å². The summed E-state index contributed by atoms with van der Waals surface area (Å²) in [5.41, 5.74) is 2.91. The van der Waals surface area contributed by atoms with Crippen molar-refractivity contribution in [1.29, 1.82) is 0 Å². The highest BCUT2D eigenvalue weighted by atomic mass is 19.1. The second kappa shape index (κ2) is 8.33. The van der Waals surface area contributed by atoms with Crippen LogP contribution in [-0.4, -0.2) is 38.1 Å². The van der Waals surface area contributed by atoms with Gasteiger partial charge in [-0.05, 0) is 30.5 Å². The third kappa shape index (κ3) is 4.32. The molecule has 6 heteroatoms. The van der Waals surface area contributed by atoms with Crippen LogP contribution in [0, 0.1) is 11.7 Å². The average Bonchev–Trinajstić information content (AvgIpc) is 3.49. The molecule has 4 rings (SSSR count). The fraction of sp³-hybridized carbons (Fsp3) is 0.391. The van der Waals surface area contributed by atoms with Crippen molar-refractivity contribution in [1.82, 2.24) is 5.32 Å². The Morgan fingerprint density at radius 1 is 1.17 bits per heavy atom. The lowest BCUT2D eigenvalue weighted by Crippen LogP contribution is -2.34. The van der Waals surface area contributed by atoms with Crippen molar-refractivity contribution in [2.24, 2.45) is 5.92 Å². The van der Waals surface area contributed by atoms with E-state index in [0.717, 1.165) is 24.0 Å². The van der Waals surface area contributed by atoms with E-state index in [-0.39, 0.29) is 36.0 Å². The first-order valence-corrected chi connectivity index (χ1v) is 9.95. The van der Waals surface area contributed by atoms with Crippen LogP contribution in [0.2, 0.25) is 0 Å². The maximum atomic E-state index is 14.4. The molecule has 0 radical (unpaired) electrons. The molecule has 2 aliphatic rings. The number of nitrogens with one attached hydrogen (secondary N) is 1. The number of amides is 1. The molecule has 1 unspecified atom stereocenters. The SMILES string of the molecule is COCCC(=O)NCC1Cc2c(F)ccc(-c3ccc(C(=O)C4CC4)cc3)c2O1. The minimum absolute atomic E-state index is 0.122. The minimum Gasteiger partial charge on any atom is -0.487 e. The molecule has 1 aliphatic carbocycles. The van der Waals surface area contributed by atoms with Gasteiger partial charge in [0.2, 0.25) is 5.91 Å². The van der Waals surface area contributed by atoms with Gasteiger partial charge in [-0.25, -0.2) is 4.39 Å². The first-order chi connectivity index (χ1) is 14.1. The van der Waals surface area contributed by atoms with Gasteiger partial charge in [0, 0.05) is 42.6 Å². The van der Waals surface area contributed by atoms with Crippen LogP contribution < -0.4 is 10.1 Å². The number of carbonyl (C=O) groups is 2. The van der Waals surface area contributed by atoms with Crippen LogP contribution in [0.15, 0.2) is 36.4 Å². The molecule has 0 spiro atoms. The average molecular weight is 397 g/mol. The van der Waals surface area contributed by atoms with E-state index in [2.05, 4.69) is 5.32 Å². The molecule has 0 saturated heterocycles. The number of carbonyl (C=O) groups excluding carboxylic acids is 2. The second-order valence-electron chi connectivity index (χ2n) is 7.61. The Labute approximate surface area is 169 Å². The Morgan fingerprint density at radius 2 is 1.93 bits per heavy atom. The predicted molar refractivity (Wildman–Crippen MR) is 107 cm³/mol. The standard InChI is InChI=1S/C23H24FNO4/c1-28-11-10-21(26)25-13-17-12-19-20(24)9-8-18(23(19)29-17)14-2-4-15(5-3-14)22(27)16-6-7-16/h2-5,8-9,16-17H,6-7,10-13H2,1H3,(H,25,26). The van der Waals surface area contributed by atoms with Crippen LogP contribution >= 0.6 is 0 Å². The lowest BCUT2D eigenvalue weighted by molar-refractivity contribution is -0.122. The molecule has 152 valence electrons. The summed E-state index contributed by atoms with van der Waals surface area (Å²) in [6.45, 7) is 0.667. The molecule has 29 heavy (non-hydrogen) atoms. The second-order valence-corrected chi connectivity index (χ2v) is 7.61. The molecule has 1 amide bonds. The molecule has 1 atom stereocenters. The Hall–Kier alpha value is -2.73. The highest BCUT2D eigenvalue weighted by Crippen LogP contribution is 2.40. The monoisotopic (exact) mass is 397 g/mol. The zero-order valence-electron chi connectivity index (χ0n) is 16.4. The molecule has 1 N–H and O–H groups in total. The number of Topliss-reactive ketones (excluding diaryl/α,β-unsaturated/α-hetero) is 1. The fourth-order valence-corrected chi connectivity index (χ4v) is 3.61. The number of fused-ring (bicyclic) bond motifs is 1. The molecular weight excluding hydrogens is 373 g/mol. The molecule has 1 aliphatic heterocycles. The van der Waals surface area contributed by atoms with E-state index in [0.29, 0.717) is 36.4 Å². The van der Waals surface area contributed by atoms with Gasteiger partial charge in [0.25, 0.3) is 0 Å². The van der Waals surface area contributed by atoms with Crippen LogP contribution in [0.3, 0.4) is 0 Å². The third-order valence-electron chi connectivity index (χ3n) is 5.41. The van der Waals surface area contributed by atoms with E-state index < -0.39 is 0 Å². The van der Waals surface area contributed by atoms with Gasteiger partial charge in [0.05, 0.1) is 13.2 Å². The number of ether oxygens (including phenoxy) is 2. The van der Waals surface area contributed by atoms with Gasteiger partial charge in [-0.3, -0.25) is 9.59 Å². The highest BCUT2D eigenvalue weighted by molar-refractivity contribution is 5.99. The Bertz CT molecular complexity index is 921. The van der Waals surface area contributed by atoms with Crippen molar-refractivity contribution >= 4 is 11.7 Å². The first-order valence-electron chi connectivity index (χ1n) is 9.95. The summed E-state index contributed by atoms with van der Waals surface area (Å²) >= 11 is 0. The molecule has 0 bridgehead atoms. The van der Waals surface area contributed by atoms with E-state index >= 15 is 0 Å². The lowest BCUT2D eigenvalue weighted by atomic mass is 9.98. The molecule has 1 heterocycles. The van der Waals surface area contributed by atoms with Crippen molar-refractivity contribution < 1.29 is 23.5 Å². The smallest absolute Gasteiger partial charge is 0.222 e. The molecule has 2 aromatic rings. The number of rotatable bonds is 8. The number of hydrogen-bond donors (Lipinski definition) is 1. The molecule has 5 nitrogen and oxygen atoms in total. The van der Waals surface area contributed by atoms with Gasteiger partial charge in [0.1, 0.15) is 17.7 Å². The minimum atomic E-state index is -0.317. The van der Waals surface area contributed by atoms with Crippen molar-refractivity contribution in [3.05, 3.63) is 53.3 Å². The van der Waals surface area contributed by atoms with Crippen molar-refractivity contribution in [2.45, 2.75) is 31.8 Å². The van der Waals surface area contributed by atoms with E-state index in [4.69, 9.17) is 9.47 Å². The summed E-state index contributed by atoms with van der Waals surface area (Å²) in [5.74, 6) is 0.462. The lowest BCUT2D eigenvalue weighted by Gasteiger charge is -2.14. The topological polar surface area (TPSA) is 64.6 Å². The summed E-state index contributed by atoms with van der Waals surface area (Å²) in [6.07, 6.45) is 2.31. The van der Waals surface area contributed by atoms with Crippen LogP contribution in [0.5, 0.6) is 5.75 Å². The van der Waals surface area contributed by atoms with Crippen LogP contribution in [0.25, 0.3) is 11.1 Å². The number of halogens is 1. The van der Waals surface area contributed by atoms with Gasteiger partial charge < -0.3 is 14.8 Å². The molecule has 0 aromatic heterocycles. The van der Waals surface area contributed by atoms with Crippen molar-refractivity contribution in [3.63, 3.8) is 0 Å². The third-order valence-corrected chi connectivity index (χ3v) is 5.41.